The van der Waals surface area contributed by atoms with E-state index < -0.39 is 0 Å². The van der Waals surface area contributed by atoms with Crippen LogP contribution in [0.1, 0.15) is 41.5 Å². The molecule has 2 rings (SSSR count). The number of alkyl halides is 1. The van der Waals surface area contributed by atoms with Gasteiger partial charge in [-0.3, -0.25) is 0 Å². The second-order valence-electron chi connectivity index (χ2n) is 5.71. The van der Waals surface area contributed by atoms with E-state index in [9.17, 15) is 4.39 Å². The minimum Gasteiger partial charge on any atom is -0.494 e. The molecule has 0 bridgehead atoms. The third kappa shape index (κ3) is 3.15. The van der Waals surface area contributed by atoms with Gasteiger partial charge >= 0.3 is 0 Å². The monoisotopic (exact) mass is 312 g/mol. The van der Waals surface area contributed by atoms with Gasteiger partial charge in [-0.1, -0.05) is 26.8 Å². The van der Waals surface area contributed by atoms with Crippen molar-refractivity contribution in [2.45, 2.75) is 31.6 Å². The molecule has 1 unspecified atom stereocenters. The van der Waals surface area contributed by atoms with Gasteiger partial charge < -0.3 is 4.74 Å². The highest BCUT2D eigenvalue weighted by Gasteiger charge is 2.20. The van der Waals surface area contributed by atoms with Gasteiger partial charge in [-0.15, -0.1) is 22.9 Å². The molecule has 20 heavy (non-hydrogen) atoms. The van der Waals surface area contributed by atoms with Crippen molar-refractivity contribution >= 4 is 22.9 Å². The Kier molecular flexibility index (Phi) is 4.40. The first-order valence-electron chi connectivity index (χ1n) is 6.40. The van der Waals surface area contributed by atoms with E-state index in [0.717, 1.165) is 10.4 Å². The van der Waals surface area contributed by atoms with Crippen LogP contribution < -0.4 is 4.74 Å². The van der Waals surface area contributed by atoms with E-state index in [-0.39, 0.29) is 22.4 Å². The summed E-state index contributed by atoms with van der Waals surface area (Å²) in [5, 5.41) is -0.337. The summed E-state index contributed by atoms with van der Waals surface area (Å²) in [6, 6.07) is 8.96. The number of hydrogen-bond donors (Lipinski definition) is 0. The molecule has 0 aliphatic carbocycles. The summed E-state index contributed by atoms with van der Waals surface area (Å²) < 4.78 is 18.7. The molecule has 0 spiro atoms. The zero-order valence-electron chi connectivity index (χ0n) is 12.0. The van der Waals surface area contributed by atoms with Crippen molar-refractivity contribution in [3.8, 4) is 5.75 Å². The quantitative estimate of drug-likeness (QED) is 0.678. The Hall–Kier alpha value is -1.06. The van der Waals surface area contributed by atoms with Crippen LogP contribution in [0.5, 0.6) is 5.75 Å². The predicted molar refractivity (Wildman–Crippen MR) is 83.7 cm³/mol. The molecule has 1 atom stereocenters. The predicted octanol–water partition coefficient (Wildman–Crippen LogP) is 5.52. The molecule has 4 heteroatoms. The van der Waals surface area contributed by atoms with E-state index in [0.29, 0.717) is 0 Å². The molecule has 2 aromatic rings. The lowest BCUT2D eigenvalue weighted by Crippen LogP contribution is -2.07. The van der Waals surface area contributed by atoms with Crippen LogP contribution in [-0.2, 0) is 5.41 Å². The van der Waals surface area contributed by atoms with Crippen molar-refractivity contribution in [2.24, 2.45) is 0 Å². The van der Waals surface area contributed by atoms with Gasteiger partial charge in [0.1, 0.15) is 0 Å². The average Bonchev–Trinajstić information content (AvgIpc) is 2.87. The number of ether oxygens (including phenoxy) is 1. The Morgan fingerprint density at radius 2 is 1.90 bits per heavy atom. The van der Waals surface area contributed by atoms with Crippen molar-refractivity contribution in [2.75, 3.05) is 7.11 Å². The highest BCUT2D eigenvalue weighted by atomic mass is 35.5. The van der Waals surface area contributed by atoms with Gasteiger partial charge in [0.2, 0.25) is 0 Å². The van der Waals surface area contributed by atoms with Crippen molar-refractivity contribution in [3.63, 3.8) is 0 Å². The van der Waals surface area contributed by atoms with Gasteiger partial charge in [0.25, 0.3) is 0 Å². The van der Waals surface area contributed by atoms with E-state index in [1.807, 2.05) is 6.07 Å². The van der Waals surface area contributed by atoms with Crippen LogP contribution in [0.4, 0.5) is 4.39 Å². The van der Waals surface area contributed by atoms with Crippen LogP contribution in [0.3, 0.4) is 0 Å². The molecule has 1 aromatic carbocycles. The van der Waals surface area contributed by atoms with Crippen molar-refractivity contribution < 1.29 is 9.13 Å². The van der Waals surface area contributed by atoms with Crippen LogP contribution in [-0.4, -0.2) is 7.11 Å². The van der Waals surface area contributed by atoms with Gasteiger partial charge in [0, 0.05) is 9.75 Å². The van der Waals surface area contributed by atoms with Crippen molar-refractivity contribution in [1.29, 1.82) is 0 Å². The maximum atomic E-state index is 13.7. The normalized spacial score (nSPS) is 13.3. The fourth-order valence-electron chi connectivity index (χ4n) is 1.90. The lowest BCUT2D eigenvalue weighted by atomic mass is 9.95. The Bertz CT molecular complexity index is 601. The minimum atomic E-state index is -0.386. The van der Waals surface area contributed by atoms with Crippen LogP contribution in [0.25, 0.3) is 0 Å². The van der Waals surface area contributed by atoms with Crippen LogP contribution >= 0.6 is 22.9 Å². The molecule has 0 aliphatic heterocycles. The molecule has 0 aliphatic rings. The molecule has 0 saturated carbocycles. The molecule has 0 fully saturated rings. The summed E-state index contributed by atoms with van der Waals surface area (Å²) in [4.78, 5) is 2.30. The smallest absolute Gasteiger partial charge is 0.165 e. The Morgan fingerprint density at radius 1 is 1.20 bits per heavy atom. The van der Waals surface area contributed by atoms with Gasteiger partial charge in [0.15, 0.2) is 11.6 Å². The minimum absolute atomic E-state index is 0.102. The van der Waals surface area contributed by atoms with E-state index in [2.05, 4.69) is 26.8 Å². The van der Waals surface area contributed by atoms with Crippen LogP contribution in [0.15, 0.2) is 30.3 Å². The Labute approximate surface area is 128 Å². The fourth-order valence-corrected chi connectivity index (χ4v) is 3.31. The summed E-state index contributed by atoms with van der Waals surface area (Å²) in [5.41, 5.74) is 0.845. The van der Waals surface area contributed by atoms with Gasteiger partial charge in [-0.05, 0) is 35.2 Å². The standard InChI is InChI=1S/C16H18ClFOS/c1-16(2,3)14-8-7-13(20-14)15(17)10-5-6-12(19-4)11(18)9-10/h5-9,15H,1-4H3. The first kappa shape index (κ1) is 15.3. The van der Waals surface area contributed by atoms with E-state index in [4.69, 9.17) is 16.3 Å². The maximum Gasteiger partial charge on any atom is 0.165 e. The molecule has 0 radical (unpaired) electrons. The zero-order chi connectivity index (χ0) is 14.9. The number of rotatable bonds is 3. The lowest BCUT2D eigenvalue weighted by Gasteiger charge is -2.15. The van der Waals surface area contributed by atoms with E-state index >= 15 is 0 Å². The summed E-state index contributed by atoms with van der Waals surface area (Å²) in [6.45, 7) is 6.50. The summed E-state index contributed by atoms with van der Waals surface area (Å²) in [5.74, 6) is -0.151. The second-order valence-corrected chi connectivity index (χ2v) is 7.26. The molecule has 0 N–H and O–H groups in total. The third-order valence-corrected chi connectivity index (χ3v) is 5.28. The van der Waals surface area contributed by atoms with Gasteiger partial charge in [-0.25, -0.2) is 4.39 Å². The molecule has 1 aromatic heterocycles. The zero-order valence-corrected chi connectivity index (χ0v) is 13.6. The third-order valence-electron chi connectivity index (χ3n) is 3.08. The topological polar surface area (TPSA) is 9.23 Å². The molecule has 0 saturated heterocycles. The van der Waals surface area contributed by atoms with Crippen molar-refractivity contribution in [1.82, 2.24) is 0 Å². The molecular weight excluding hydrogens is 295 g/mol. The molecule has 1 nitrogen and oxygen atoms in total. The first-order chi connectivity index (χ1) is 9.32. The van der Waals surface area contributed by atoms with Gasteiger partial charge in [0.05, 0.1) is 12.5 Å². The van der Waals surface area contributed by atoms with Crippen LogP contribution in [0.2, 0.25) is 0 Å². The molecule has 0 amide bonds. The number of methoxy groups -OCH3 is 1. The number of hydrogen-bond acceptors (Lipinski definition) is 2. The number of thiophene rings is 1. The average molecular weight is 313 g/mol. The van der Waals surface area contributed by atoms with Crippen molar-refractivity contribution in [3.05, 3.63) is 51.5 Å². The molecule has 1 heterocycles. The lowest BCUT2D eigenvalue weighted by molar-refractivity contribution is 0.386. The highest BCUT2D eigenvalue weighted by molar-refractivity contribution is 7.12. The maximum absolute atomic E-state index is 13.7. The van der Waals surface area contributed by atoms with Gasteiger partial charge in [-0.2, -0.15) is 0 Å². The summed E-state index contributed by atoms with van der Waals surface area (Å²) >= 11 is 8.14. The molecular formula is C16H18ClFOS. The Morgan fingerprint density at radius 3 is 2.40 bits per heavy atom. The van der Waals surface area contributed by atoms with E-state index in [1.165, 1.54) is 18.1 Å². The summed E-state index contributed by atoms with van der Waals surface area (Å²) in [7, 11) is 1.45. The fraction of sp³-hybridized carbons (Fsp3) is 0.375. The largest absolute Gasteiger partial charge is 0.494 e. The van der Waals surface area contributed by atoms with E-state index in [1.54, 1.807) is 23.5 Å². The number of benzene rings is 1. The second kappa shape index (κ2) is 5.74. The number of halogens is 2. The van der Waals surface area contributed by atoms with Crippen LogP contribution in [0, 0.1) is 5.82 Å². The Balaban J connectivity index is 2.29. The molecule has 108 valence electrons. The highest BCUT2D eigenvalue weighted by Crippen LogP contribution is 2.38. The first-order valence-corrected chi connectivity index (χ1v) is 7.66. The summed E-state index contributed by atoms with van der Waals surface area (Å²) in [6.07, 6.45) is 0. The SMILES string of the molecule is COc1ccc(C(Cl)c2ccc(C(C)(C)C)s2)cc1F.